The van der Waals surface area contributed by atoms with Crippen LogP contribution in [0.15, 0.2) is 24.3 Å². The highest BCUT2D eigenvalue weighted by molar-refractivity contribution is 5.39. The summed E-state index contributed by atoms with van der Waals surface area (Å²) in [4.78, 5) is 0. The van der Waals surface area contributed by atoms with Gasteiger partial charge in [-0.15, -0.1) is 0 Å². The maximum atomic E-state index is 10.8. The molecule has 0 radical (unpaired) electrons. The fourth-order valence-electron chi connectivity index (χ4n) is 2.94. The summed E-state index contributed by atoms with van der Waals surface area (Å²) < 4.78 is 5.13. The average molecular weight is 245 g/mol. The summed E-state index contributed by atoms with van der Waals surface area (Å²) in [6, 6.07) is 10.4. The van der Waals surface area contributed by atoms with Crippen molar-refractivity contribution in [3.63, 3.8) is 0 Å². The van der Waals surface area contributed by atoms with Gasteiger partial charge in [0.15, 0.2) is 0 Å². The van der Waals surface area contributed by atoms with Crippen molar-refractivity contribution in [3.8, 4) is 6.07 Å². The molecule has 2 rings (SSSR count). The Morgan fingerprint density at radius 3 is 2.33 bits per heavy atom. The molecule has 1 unspecified atom stereocenters. The molecule has 96 valence electrons. The quantitative estimate of drug-likeness (QED) is 0.883. The molecular weight excluding hydrogens is 226 g/mol. The Morgan fingerprint density at radius 2 is 1.94 bits per heavy atom. The van der Waals surface area contributed by atoms with Crippen LogP contribution in [0.4, 0.5) is 0 Å². The van der Waals surface area contributed by atoms with Gasteiger partial charge in [-0.1, -0.05) is 31.2 Å². The molecule has 0 amide bonds. The van der Waals surface area contributed by atoms with Crippen LogP contribution >= 0.6 is 0 Å². The number of hydrogen-bond donors (Lipinski definition) is 1. The molecule has 18 heavy (non-hydrogen) atoms. The predicted molar refractivity (Wildman–Crippen MR) is 69.0 cm³/mol. The molecule has 0 spiro atoms. The van der Waals surface area contributed by atoms with Crippen LogP contribution in [0.5, 0.6) is 0 Å². The first-order valence-corrected chi connectivity index (χ1v) is 6.30. The number of nitriles is 1. The average Bonchev–Trinajstić information content (AvgIpc) is 2.79. The minimum Gasteiger partial charge on any atom is -0.386 e. The van der Waals surface area contributed by atoms with Gasteiger partial charge in [0.2, 0.25) is 0 Å². The smallest absolute Gasteiger partial charge is 0.107 e. The summed E-state index contributed by atoms with van der Waals surface area (Å²) in [6.45, 7) is 2.10. The summed E-state index contributed by atoms with van der Waals surface area (Å²) in [7, 11) is 1.56. The molecule has 1 atom stereocenters. The first-order valence-electron chi connectivity index (χ1n) is 6.30. The highest BCUT2D eigenvalue weighted by Crippen LogP contribution is 2.46. The summed E-state index contributed by atoms with van der Waals surface area (Å²) >= 11 is 0. The summed E-state index contributed by atoms with van der Waals surface area (Å²) in [5.41, 5.74) is 0.487. The number of aliphatic hydroxyl groups is 1. The number of fused-ring (bicyclic) bond motifs is 1. The van der Waals surface area contributed by atoms with Gasteiger partial charge in [0.1, 0.15) is 5.60 Å². The van der Waals surface area contributed by atoms with Gasteiger partial charge >= 0.3 is 0 Å². The van der Waals surface area contributed by atoms with E-state index < -0.39 is 11.0 Å². The zero-order chi connectivity index (χ0) is 13.2. The third-order valence-corrected chi connectivity index (χ3v) is 4.18. The van der Waals surface area contributed by atoms with Gasteiger partial charge in [-0.25, -0.2) is 0 Å². The van der Waals surface area contributed by atoms with E-state index in [4.69, 9.17) is 4.74 Å². The van der Waals surface area contributed by atoms with Gasteiger partial charge in [-0.05, 0) is 30.4 Å². The summed E-state index contributed by atoms with van der Waals surface area (Å²) in [5.74, 6) is 0. The molecule has 1 aliphatic rings. The molecule has 0 saturated heterocycles. The highest BCUT2D eigenvalue weighted by Gasteiger charge is 2.53. The second-order valence-corrected chi connectivity index (χ2v) is 5.13. The van der Waals surface area contributed by atoms with Crippen LogP contribution in [-0.2, 0) is 17.6 Å². The maximum Gasteiger partial charge on any atom is 0.107 e. The van der Waals surface area contributed by atoms with E-state index in [1.54, 1.807) is 7.11 Å². The van der Waals surface area contributed by atoms with E-state index in [1.165, 1.54) is 11.1 Å². The Bertz CT molecular complexity index is 453. The van der Waals surface area contributed by atoms with Crippen molar-refractivity contribution < 1.29 is 9.84 Å². The molecule has 0 aromatic heterocycles. The Labute approximate surface area is 108 Å². The lowest BCUT2D eigenvalue weighted by molar-refractivity contribution is -0.102. The van der Waals surface area contributed by atoms with Crippen molar-refractivity contribution in [2.45, 2.75) is 31.8 Å². The number of benzene rings is 1. The fraction of sp³-hybridized carbons (Fsp3) is 0.533. The molecule has 3 nitrogen and oxygen atoms in total. The van der Waals surface area contributed by atoms with Gasteiger partial charge < -0.3 is 9.84 Å². The number of rotatable bonds is 4. The molecule has 0 fully saturated rings. The SMILES string of the molecule is CCC(O)(COC)C1(C#N)Cc2ccccc2C1. The lowest BCUT2D eigenvalue weighted by Crippen LogP contribution is -2.51. The van der Waals surface area contributed by atoms with E-state index in [2.05, 4.69) is 6.07 Å². The van der Waals surface area contributed by atoms with Gasteiger partial charge in [-0.3, -0.25) is 0 Å². The number of hydrogen-bond acceptors (Lipinski definition) is 3. The molecule has 1 aliphatic carbocycles. The molecule has 3 heteroatoms. The molecule has 0 heterocycles. The van der Waals surface area contributed by atoms with Crippen molar-refractivity contribution in [2.75, 3.05) is 13.7 Å². The van der Waals surface area contributed by atoms with Crippen molar-refractivity contribution in [3.05, 3.63) is 35.4 Å². The molecule has 1 N–H and O–H groups in total. The molecule has 0 bridgehead atoms. The third kappa shape index (κ3) is 1.82. The molecular formula is C15H19NO2. The molecule has 0 aliphatic heterocycles. The normalized spacial score (nSPS) is 19.9. The highest BCUT2D eigenvalue weighted by atomic mass is 16.5. The lowest BCUT2D eigenvalue weighted by atomic mass is 9.69. The zero-order valence-corrected chi connectivity index (χ0v) is 10.9. The monoisotopic (exact) mass is 245 g/mol. The molecule has 0 saturated carbocycles. The van der Waals surface area contributed by atoms with Crippen LogP contribution in [-0.4, -0.2) is 24.4 Å². The van der Waals surface area contributed by atoms with Crippen LogP contribution in [0.3, 0.4) is 0 Å². The second kappa shape index (κ2) is 4.72. The fourth-order valence-corrected chi connectivity index (χ4v) is 2.94. The van der Waals surface area contributed by atoms with Crippen LogP contribution < -0.4 is 0 Å². The third-order valence-electron chi connectivity index (χ3n) is 4.18. The second-order valence-electron chi connectivity index (χ2n) is 5.13. The number of nitrogens with zero attached hydrogens (tertiary/aromatic N) is 1. The Hall–Kier alpha value is -1.37. The van der Waals surface area contributed by atoms with Gasteiger partial charge in [0, 0.05) is 7.11 Å². The van der Waals surface area contributed by atoms with E-state index in [0.29, 0.717) is 19.3 Å². The van der Waals surface area contributed by atoms with Crippen molar-refractivity contribution in [1.29, 1.82) is 5.26 Å². The number of ether oxygens (including phenoxy) is 1. The van der Waals surface area contributed by atoms with Crippen LogP contribution in [0.1, 0.15) is 24.5 Å². The van der Waals surface area contributed by atoms with E-state index in [1.807, 2.05) is 31.2 Å². The van der Waals surface area contributed by atoms with Gasteiger partial charge in [0.25, 0.3) is 0 Å². The Morgan fingerprint density at radius 1 is 1.39 bits per heavy atom. The topological polar surface area (TPSA) is 53.2 Å². The first kappa shape index (κ1) is 13.1. The minimum atomic E-state index is -1.09. The largest absolute Gasteiger partial charge is 0.386 e. The number of methoxy groups -OCH3 is 1. The zero-order valence-electron chi connectivity index (χ0n) is 10.9. The molecule has 1 aromatic carbocycles. The Balaban J connectivity index is 2.39. The van der Waals surface area contributed by atoms with Crippen molar-refractivity contribution >= 4 is 0 Å². The van der Waals surface area contributed by atoms with Crippen LogP contribution in [0.2, 0.25) is 0 Å². The van der Waals surface area contributed by atoms with Crippen molar-refractivity contribution in [1.82, 2.24) is 0 Å². The van der Waals surface area contributed by atoms with E-state index in [0.717, 1.165) is 0 Å². The van der Waals surface area contributed by atoms with Crippen molar-refractivity contribution in [2.24, 2.45) is 5.41 Å². The minimum absolute atomic E-state index is 0.199. The first-order chi connectivity index (χ1) is 8.61. The van der Waals surface area contributed by atoms with E-state index >= 15 is 0 Å². The lowest BCUT2D eigenvalue weighted by Gasteiger charge is -2.39. The predicted octanol–water partition coefficient (Wildman–Crippen LogP) is 2.08. The Kier molecular flexibility index (Phi) is 3.43. The van der Waals surface area contributed by atoms with E-state index in [-0.39, 0.29) is 6.61 Å². The van der Waals surface area contributed by atoms with Crippen LogP contribution in [0.25, 0.3) is 0 Å². The summed E-state index contributed by atoms with van der Waals surface area (Å²) in [5, 5.41) is 20.4. The standard InChI is InChI=1S/C15H19NO2/c1-3-15(17,11-18-2)14(10-16)8-12-6-4-5-7-13(12)9-14/h4-7,17H,3,8-9,11H2,1-2H3. The van der Waals surface area contributed by atoms with E-state index in [9.17, 15) is 10.4 Å². The van der Waals surface area contributed by atoms with Gasteiger partial charge in [-0.2, -0.15) is 5.26 Å². The van der Waals surface area contributed by atoms with Gasteiger partial charge in [0.05, 0.1) is 18.1 Å². The maximum absolute atomic E-state index is 10.8. The van der Waals surface area contributed by atoms with Crippen LogP contribution in [0, 0.1) is 16.7 Å². The molecule has 1 aromatic rings. The summed E-state index contributed by atoms with van der Waals surface area (Å²) in [6.07, 6.45) is 1.73.